The molecule has 0 fully saturated rings. The molecule has 0 saturated carbocycles. The molecule has 34 heavy (non-hydrogen) atoms. The third-order valence-corrected chi connectivity index (χ3v) is 6.54. The lowest BCUT2D eigenvalue weighted by molar-refractivity contribution is 0.0885. The van der Waals surface area contributed by atoms with Crippen LogP contribution in [-0.4, -0.2) is 27.1 Å². The molecule has 0 aliphatic carbocycles. The second-order valence-corrected chi connectivity index (χ2v) is 11.8. The summed E-state index contributed by atoms with van der Waals surface area (Å²) in [5, 5.41) is 0. The van der Waals surface area contributed by atoms with Gasteiger partial charge in [-0.15, -0.1) is 0 Å². The Bertz CT molecular complexity index is 330. The number of hydrogen-bond donors (Lipinski definition) is 0. The van der Waals surface area contributed by atoms with Gasteiger partial charge in [0, 0.05) is 19.8 Å². The Morgan fingerprint density at radius 3 is 0.853 bits per heavy atom. The third-order valence-electron chi connectivity index (χ3n) is 6.54. The van der Waals surface area contributed by atoms with Gasteiger partial charge in [-0.2, -0.15) is 0 Å². The van der Waals surface area contributed by atoms with E-state index in [1.165, 1.54) is 96.3 Å². The Kier molecular flexibility index (Phi) is 26.0. The summed E-state index contributed by atoms with van der Waals surface area (Å²) in [5.74, 6) is 2.50. The Morgan fingerprint density at radius 1 is 0.353 bits per heavy atom. The van der Waals surface area contributed by atoms with Crippen molar-refractivity contribution in [1.82, 2.24) is 0 Å². The second-order valence-electron chi connectivity index (χ2n) is 11.8. The van der Waals surface area contributed by atoms with E-state index in [0.29, 0.717) is 0 Å². The first-order valence-corrected chi connectivity index (χ1v) is 15.3. The van der Waals surface area contributed by atoms with E-state index in [0.717, 1.165) is 56.8 Å². The molecule has 3 nitrogen and oxygen atoms in total. The Labute approximate surface area is 216 Å². The van der Waals surface area contributed by atoms with Crippen LogP contribution in [0.4, 0.5) is 0 Å². The van der Waals surface area contributed by atoms with E-state index in [4.69, 9.17) is 14.0 Å². The van der Waals surface area contributed by atoms with Crippen molar-refractivity contribution in [3.8, 4) is 0 Å². The lowest BCUT2D eigenvalue weighted by Gasteiger charge is -2.15. The Balaban J connectivity index is 3.91. The van der Waals surface area contributed by atoms with Gasteiger partial charge in [-0.25, -0.2) is 0 Å². The molecule has 0 rings (SSSR count). The van der Waals surface area contributed by atoms with Crippen LogP contribution in [0.3, 0.4) is 0 Å². The molecule has 0 bridgehead atoms. The predicted molar refractivity (Wildman–Crippen MR) is 151 cm³/mol. The van der Waals surface area contributed by atoms with E-state index >= 15 is 0 Å². The molecule has 0 aromatic rings. The van der Waals surface area contributed by atoms with Gasteiger partial charge < -0.3 is 14.0 Å². The molecular formula is C30H63BO3. The van der Waals surface area contributed by atoms with Gasteiger partial charge in [0.05, 0.1) is 0 Å². The average molecular weight is 483 g/mol. The van der Waals surface area contributed by atoms with Crippen LogP contribution in [0.2, 0.25) is 0 Å². The van der Waals surface area contributed by atoms with Crippen LogP contribution in [0, 0.1) is 17.8 Å². The van der Waals surface area contributed by atoms with E-state index in [-0.39, 0.29) is 0 Å². The highest BCUT2D eigenvalue weighted by Gasteiger charge is 2.20. The van der Waals surface area contributed by atoms with Gasteiger partial charge >= 0.3 is 7.32 Å². The van der Waals surface area contributed by atoms with Gasteiger partial charge in [-0.1, -0.05) is 138 Å². The van der Waals surface area contributed by atoms with E-state index < -0.39 is 7.32 Å². The third kappa shape index (κ3) is 28.2. The summed E-state index contributed by atoms with van der Waals surface area (Å²) in [7, 11) is -0.470. The molecule has 0 amide bonds. The number of rotatable bonds is 27. The van der Waals surface area contributed by atoms with Crippen LogP contribution >= 0.6 is 0 Å². The summed E-state index contributed by atoms with van der Waals surface area (Å²) in [4.78, 5) is 0. The van der Waals surface area contributed by atoms with E-state index in [1.54, 1.807) is 0 Å². The average Bonchev–Trinajstić information content (AvgIpc) is 2.77. The lowest BCUT2D eigenvalue weighted by Crippen LogP contribution is -2.28. The standard InChI is InChI=1S/C30H63BO3/c1-28(2)22-16-10-7-13-19-25-32-31(33-26-20-14-8-11-17-23-29(3)4)34-27-21-15-9-12-18-24-30(5)6/h28-30H,7-27H2,1-6H3. The second kappa shape index (κ2) is 26.0. The van der Waals surface area contributed by atoms with E-state index in [9.17, 15) is 0 Å². The highest BCUT2D eigenvalue weighted by Crippen LogP contribution is 2.13. The van der Waals surface area contributed by atoms with Crippen LogP contribution in [0.1, 0.15) is 157 Å². The van der Waals surface area contributed by atoms with Gasteiger partial charge in [0.1, 0.15) is 0 Å². The minimum atomic E-state index is -0.470. The van der Waals surface area contributed by atoms with Crippen molar-refractivity contribution in [3.63, 3.8) is 0 Å². The highest BCUT2D eigenvalue weighted by atomic mass is 16.7. The summed E-state index contributed by atoms with van der Waals surface area (Å²) in [6.07, 6.45) is 23.2. The first-order chi connectivity index (χ1) is 16.4. The van der Waals surface area contributed by atoms with Crippen molar-refractivity contribution in [1.29, 1.82) is 0 Å². The molecule has 0 radical (unpaired) electrons. The first-order valence-electron chi connectivity index (χ1n) is 15.3. The molecule has 204 valence electrons. The lowest BCUT2D eigenvalue weighted by atomic mass is 10.0. The fraction of sp³-hybridized carbons (Fsp3) is 1.00. The highest BCUT2D eigenvalue weighted by molar-refractivity contribution is 6.36. The summed E-state index contributed by atoms with van der Waals surface area (Å²) < 4.78 is 18.0. The summed E-state index contributed by atoms with van der Waals surface area (Å²) in [6, 6.07) is 0. The monoisotopic (exact) mass is 482 g/mol. The fourth-order valence-electron chi connectivity index (χ4n) is 4.24. The molecule has 0 spiro atoms. The van der Waals surface area contributed by atoms with Crippen LogP contribution in [0.25, 0.3) is 0 Å². The van der Waals surface area contributed by atoms with E-state index in [1.807, 2.05) is 0 Å². The molecule has 0 heterocycles. The maximum Gasteiger partial charge on any atom is 0.639 e. The first kappa shape index (κ1) is 33.9. The molecule has 0 N–H and O–H groups in total. The van der Waals surface area contributed by atoms with Crippen molar-refractivity contribution in [2.24, 2.45) is 17.8 Å². The van der Waals surface area contributed by atoms with Crippen molar-refractivity contribution < 1.29 is 14.0 Å². The molecule has 0 aromatic heterocycles. The SMILES string of the molecule is CC(C)CCCCCCCOB(OCCCCCCCC(C)C)OCCCCCCCC(C)C. The largest absolute Gasteiger partial charge is 0.639 e. The van der Waals surface area contributed by atoms with Gasteiger partial charge in [0.2, 0.25) is 0 Å². The number of hydrogen-bond acceptors (Lipinski definition) is 3. The molecular weight excluding hydrogens is 419 g/mol. The minimum Gasteiger partial charge on any atom is -0.386 e. The zero-order chi connectivity index (χ0) is 25.3. The van der Waals surface area contributed by atoms with Crippen LogP contribution in [-0.2, 0) is 14.0 Å². The Morgan fingerprint density at radius 2 is 0.588 bits per heavy atom. The van der Waals surface area contributed by atoms with E-state index in [2.05, 4.69) is 41.5 Å². The summed E-state index contributed by atoms with van der Waals surface area (Å²) in [6.45, 7) is 16.1. The Hall–Kier alpha value is -0.0551. The van der Waals surface area contributed by atoms with Crippen molar-refractivity contribution in [2.45, 2.75) is 157 Å². The van der Waals surface area contributed by atoms with Crippen molar-refractivity contribution >= 4 is 7.32 Å². The molecule has 0 aliphatic heterocycles. The van der Waals surface area contributed by atoms with Crippen LogP contribution < -0.4 is 0 Å². The molecule has 4 heteroatoms. The molecule has 0 aromatic carbocycles. The van der Waals surface area contributed by atoms with Gasteiger partial charge in [-0.3, -0.25) is 0 Å². The molecule has 0 unspecified atom stereocenters. The zero-order valence-corrected chi connectivity index (χ0v) is 24.4. The zero-order valence-electron chi connectivity index (χ0n) is 24.4. The maximum absolute atomic E-state index is 5.99. The van der Waals surface area contributed by atoms with Gasteiger partial charge in [-0.05, 0) is 37.0 Å². The predicted octanol–water partition coefficient (Wildman–Crippen LogP) is 10.0. The van der Waals surface area contributed by atoms with Crippen molar-refractivity contribution in [2.75, 3.05) is 19.8 Å². The maximum atomic E-state index is 5.99. The fourth-order valence-corrected chi connectivity index (χ4v) is 4.24. The number of unbranched alkanes of at least 4 members (excludes halogenated alkanes) is 12. The summed E-state index contributed by atoms with van der Waals surface area (Å²) in [5.41, 5.74) is 0. The van der Waals surface area contributed by atoms with Gasteiger partial charge in [0.25, 0.3) is 0 Å². The smallest absolute Gasteiger partial charge is 0.386 e. The van der Waals surface area contributed by atoms with Gasteiger partial charge in [0.15, 0.2) is 0 Å². The minimum absolute atomic E-state index is 0.470. The van der Waals surface area contributed by atoms with Crippen LogP contribution in [0.15, 0.2) is 0 Å². The molecule has 0 atom stereocenters. The normalized spacial score (nSPS) is 11.9. The van der Waals surface area contributed by atoms with Crippen molar-refractivity contribution in [3.05, 3.63) is 0 Å². The quantitative estimate of drug-likeness (QED) is 0.0861. The van der Waals surface area contributed by atoms with Crippen LogP contribution in [0.5, 0.6) is 0 Å². The summed E-state index contributed by atoms with van der Waals surface area (Å²) >= 11 is 0. The topological polar surface area (TPSA) is 27.7 Å². The molecule has 0 saturated heterocycles. The molecule has 0 aliphatic rings.